The van der Waals surface area contributed by atoms with Gasteiger partial charge in [-0.2, -0.15) is 8.42 Å². The number of benzene rings is 3. The fourth-order valence-corrected chi connectivity index (χ4v) is 7.58. The van der Waals surface area contributed by atoms with Crippen LogP contribution in [0.2, 0.25) is 0 Å². The molecule has 0 spiro atoms. The number of halogens is 4. The Hall–Kier alpha value is -0.0700. The first kappa shape index (κ1) is 24.6. The molecule has 1 heterocycles. The van der Waals surface area contributed by atoms with Crippen molar-refractivity contribution in [3.8, 4) is 17.2 Å². The van der Waals surface area contributed by atoms with E-state index in [0.29, 0.717) is 34.6 Å². The average molecular weight is 695 g/mol. The molecule has 0 saturated carbocycles. The first-order valence-corrected chi connectivity index (χ1v) is 12.6. The van der Waals surface area contributed by atoms with Crippen molar-refractivity contribution < 1.29 is 24.2 Å². The molecule has 5 nitrogen and oxygen atoms in total. The first-order chi connectivity index (χ1) is 13.6. The minimum Gasteiger partial charge on any atom is -0.506 e. The van der Waals surface area contributed by atoms with Gasteiger partial charge in [0.05, 0.1) is 17.9 Å². The minimum atomic E-state index is -4.25. The van der Waals surface area contributed by atoms with Crippen molar-refractivity contribution in [3.05, 3.63) is 83.1 Å². The summed E-state index contributed by atoms with van der Waals surface area (Å²) in [6.45, 7) is 0. The van der Waals surface area contributed by atoms with Crippen LogP contribution in [0.5, 0.6) is 17.2 Å². The number of aromatic hydroxyl groups is 2. The van der Waals surface area contributed by atoms with Gasteiger partial charge in [0.15, 0.2) is 4.75 Å². The van der Waals surface area contributed by atoms with E-state index in [4.69, 9.17) is 4.18 Å². The topological polar surface area (TPSA) is 83.8 Å². The zero-order valence-corrected chi connectivity index (χ0v) is 24.3. The van der Waals surface area contributed by atoms with Crippen molar-refractivity contribution in [2.24, 2.45) is 0 Å². The van der Waals surface area contributed by atoms with Crippen LogP contribution in [0.15, 0.2) is 66.4 Å². The number of fused-ring (bicyclic) bond motifs is 1. The molecule has 0 aromatic heterocycles. The summed E-state index contributed by atoms with van der Waals surface area (Å²) in [6, 6.07) is 12.8. The Morgan fingerprint density at radius 2 is 1.20 bits per heavy atom. The maximum atomic E-state index is 13.5. The Labute approximate surface area is 230 Å². The van der Waals surface area contributed by atoms with E-state index in [1.54, 1.807) is 24.3 Å². The summed E-state index contributed by atoms with van der Waals surface area (Å²) in [7, 11) is -4.25. The third-order valence-corrected chi connectivity index (χ3v) is 8.95. The Morgan fingerprint density at radius 3 is 1.63 bits per heavy atom. The van der Waals surface area contributed by atoms with Crippen molar-refractivity contribution >= 4 is 103 Å². The summed E-state index contributed by atoms with van der Waals surface area (Å²) < 4.78 is 32.1. The van der Waals surface area contributed by atoms with E-state index in [0.717, 1.165) is 0 Å². The van der Waals surface area contributed by atoms with Crippen molar-refractivity contribution in [1.29, 1.82) is 0 Å². The van der Waals surface area contributed by atoms with Crippen LogP contribution in [0.3, 0.4) is 0 Å². The third kappa shape index (κ3) is 3.61. The van der Waals surface area contributed by atoms with E-state index in [2.05, 4.69) is 63.7 Å². The number of hydrogen-bond acceptors (Lipinski definition) is 5. The fraction of sp³-hybridized carbons (Fsp3) is 0.0526. The molecule has 3 aromatic rings. The van der Waals surface area contributed by atoms with Crippen LogP contribution in [-0.4, -0.2) is 48.2 Å². The van der Waals surface area contributed by atoms with Crippen molar-refractivity contribution in [2.75, 3.05) is 0 Å². The first-order valence-electron chi connectivity index (χ1n) is 8.00. The largest absolute Gasteiger partial charge is 0.506 e. The standard InChI is InChI=1S/C19H10Br4O5S.Na.H2/c20-12-5-9(6-13(21)17(12)24)19(10-7-14(22)18(25)15(23)8-10)11-3-1-2-4-16(11)28-29(19,26)27;;/h1-8,24-25H;;1H. The van der Waals surface area contributed by atoms with Gasteiger partial charge in [-0.25, -0.2) is 0 Å². The normalized spacial score (nSPS) is 15.7. The maximum Gasteiger partial charge on any atom is 0.328 e. The second-order valence-electron chi connectivity index (χ2n) is 6.29. The molecule has 0 fully saturated rings. The summed E-state index contributed by atoms with van der Waals surface area (Å²) in [5.41, 5.74) is 1.13. The molecule has 0 unspecified atom stereocenters. The Kier molecular flexibility index (Phi) is 7.13. The van der Waals surface area contributed by atoms with Crippen LogP contribution in [0, 0.1) is 0 Å². The average Bonchev–Trinajstić information content (AvgIpc) is 2.90. The molecule has 0 saturated heterocycles. The van der Waals surface area contributed by atoms with Crippen LogP contribution >= 0.6 is 63.7 Å². The Morgan fingerprint density at radius 1 is 0.800 bits per heavy atom. The van der Waals surface area contributed by atoms with Gasteiger partial charge in [0.2, 0.25) is 0 Å². The second-order valence-corrected chi connectivity index (χ2v) is 11.4. The smallest absolute Gasteiger partial charge is 0.328 e. The molecule has 11 heteroatoms. The summed E-state index contributed by atoms with van der Waals surface area (Å²) in [5, 5.41) is 20.3. The molecular weight excluding hydrogens is 683 g/mol. The van der Waals surface area contributed by atoms with E-state index in [1.165, 1.54) is 24.3 Å². The number of hydrogen-bond donors (Lipinski definition) is 2. The molecule has 0 amide bonds. The van der Waals surface area contributed by atoms with Gasteiger partial charge in [-0.15, -0.1) is 0 Å². The molecule has 1 aliphatic heterocycles. The summed E-state index contributed by atoms with van der Waals surface area (Å²) in [4.78, 5) is 0. The fourth-order valence-electron chi connectivity index (χ4n) is 3.45. The molecule has 0 bridgehead atoms. The van der Waals surface area contributed by atoms with Crippen LogP contribution in [0.4, 0.5) is 0 Å². The monoisotopic (exact) mass is 691 g/mol. The Bertz CT molecular complexity index is 1180. The molecule has 4 rings (SSSR count). The summed E-state index contributed by atoms with van der Waals surface area (Å²) >= 11 is 13.1. The van der Waals surface area contributed by atoms with Gasteiger partial charge >= 0.3 is 10.1 Å². The molecule has 153 valence electrons. The predicted octanol–water partition coefficient (Wildman–Crippen LogP) is 6.03. The maximum absolute atomic E-state index is 13.5. The van der Waals surface area contributed by atoms with Gasteiger partial charge in [-0.1, -0.05) is 18.2 Å². The van der Waals surface area contributed by atoms with E-state index in [1.807, 2.05) is 0 Å². The predicted molar refractivity (Wildman–Crippen MR) is 131 cm³/mol. The van der Waals surface area contributed by atoms with E-state index < -0.39 is 14.9 Å². The van der Waals surface area contributed by atoms with Crippen LogP contribution in [0.1, 0.15) is 18.1 Å². The van der Waals surface area contributed by atoms with Gasteiger partial charge in [0.25, 0.3) is 0 Å². The summed E-state index contributed by atoms with van der Waals surface area (Å²) in [5.74, 6) is 0.108. The minimum absolute atomic E-state index is 0. The SMILES string of the molecule is O=S1(=O)Oc2ccccc2C1(c1cc(Br)c(O)c(Br)c1)c1cc(Br)c(O)c(Br)c1.[HH].[Na]. The van der Waals surface area contributed by atoms with Crippen LogP contribution < -0.4 is 4.18 Å². The Balaban J connectivity index is 0.00000171. The number of rotatable bonds is 2. The molecule has 1 aliphatic rings. The zero-order chi connectivity index (χ0) is 21.1. The second kappa shape index (κ2) is 8.70. The number of phenolic OH excluding ortho intramolecular Hbond substituents is 2. The van der Waals surface area contributed by atoms with Crippen molar-refractivity contribution in [3.63, 3.8) is 0 Å². The molecular formula is C19H12Br4NaO5S. The van der Waals surface area contributed by atoms with E-state index in [9.17, 15) is 18.6 Å². The molecule has 2 N–H and O–H groups in total. The van der Waals surface area contributed by atoms with E-state index in [-0.39, 0.29) is 48.2 Å². The third-order valence-electron chi connectivity index (χ3n) is 4.69. The van der Waals surface area contributed by atoms with Crippen LogP contribution in [0.25, 0.3) is 0 Å². The van der Waals surface area contributed by atoms with Gasteiger partial charge < -0.3 is 14.4 Å². The zero-order valence-electron chi connectivity index (χ0n) is 15.2. The van der Waals surface area contributed by atoms with Gasteiger partial charge in [-0.05, 0) is 105 Å². The summed E-state index contributed by atoms with van der Waals surface area (Å²) in [6.07, 6.45) is 0. The van der Waals surface area contributed by atoms with Gasteiger partial charge in [0, 0.05) is 36.5 Å². The van der Waals surface area contributed by atoms with E-state index >= 15 is 0 Å². The number of phenols is 2. The number of para-hydroxylation sites is 1. The molecule has 30 heavy (non-hydrogen) atoms. The van der Waals surface area contributed by atoms with Crippen LogP contribution in [-0.2, 0) is 14.9 Å². The van der Waals surface area contributed by atoms with Gasteiger partial charge in [-0.3, -0.25) is 0 Å². The van der Waals surface area contributed by atoms with Crippen molar-refractivity contribution in [2.45, 2.75) is 4.75 Å². The molecule has 3 aromatic carbocycles. The van der Waals surface area contributed by atoms with Gasteiger partial charge in [0.1, 0.15) is 17.2 Å². The molecule has 0 atom stereocenters. The van der Waals surface area contributed by atoms with Crippen molar-refractivity contribution in [1.82, 2.24) is 0 Å². The molecule has 1 radical (unpaired) electrons. The molecule has 0 aliphatic carbocycles. The quantitative estimate of drug-likeness (QED) is 0.253.